The number of hydrogen-bond acceptors (Lipinski definition) is 4. The summed E-state index contributed by atoms with van der Waals surface area (Å²) in [5.74, 6) is 1.39. The number of amidine groups is 1. The van der Waals surface area contributed by atoms with Crippen molar-refractivity contribution in [3.8, 4) is 40.7 Å². The molecule has 4 rings (SSSR count). The number of phenolic OH excluding ortho intramolecular Hbond substituents is 1. The van der Waals surface area contributed by atoms with E-state index in [1.54, 1.807) is 12.1 Å². The predicted molar refractivity (Wildman–Crippen MR) is 202 cm³/mol. The molecular weight excluding hydrogens is 578 g/mol. The van der Waals surface area contributed by atoms with Gasteiger partial charge in [-0.1, -0.05) is 94.3 Å². The van der Waals surface area contributed by atoms with Crippen molar-refractivity contribution in [3.05, 3.63) is 113 Å². The van der Waals surface area contributed by atoms with Gasteiger partial charge in [0.25, 0.3) is 0 Å². The predicted octanol–water partition coefficient (Wildman–Crippen LogP) is 9.98. The summed E-state index contributed by atoms with van der Waals surface area (Å²) in [6, 6.07) is 24.4. The van der Waals surface area contributed by atoms with E-state index in [9.17, 15) is 5.11 Å². The van der Waals surface area contributed by atoms with E-state index in [4.69, 9.17) is 11.4 Å². The molecule has 0 amide bonds. The second-order valence-corrected chi connectivity index (χ2v) is 11.1. The summed E-state index contributed by atoms with van der Waals surface area (Å²) < 4.78 is 0. The van der Waals surface area contributed by atoms with Crippen LogP contribution in [0.4, 0.5) is 0 Å². The molecule has 4 N–H and O–H groups in total. The molecule has 0 unspecified atom stereocenters. The molecule has 0 bridgehead atoms. The summed E-state index contributed by atoms with van der Waals surface area (Å²) in [6.07, 6.45) is 13.7. The van der Waals surface area contributed by atoms with Crippen molar-refractivity contribution in [3.63, 3.8) is 0 Å². The first-order valence-corrected chi connectivity index (χ1v) is 16.4. The van der Waals surface area contributed by atoms with Crippen molar-refractivity contribution >= 4 is 23.7 Å². The van der Waals surface area contributed by atoms with Crippen LogP contribution in [0.25, 0.3) is 40.4 Å². The van der Waals surface area contributed by atoms with Crippen LogP contribution in [0.1, 0.15) is 95.4 Å². The number of hydrogen-bond donors (Lipinski definition) is 4. The summed E-state index contributed by atoms with van der Waals surface area (Å²) in [5.41, 5.74) is 9.09. The van der Waals surface area contributed by atoms with Crippen molar-refractivity contribution < 1.29 is 5.11 Å². The first-order valence-electron chi connectivity index (χ1n) is 16.4. The van der Waals surface area contributed by atoms with Crippen LogP contribution in [0, 0.1) is 12.5 Å². The zero-order chi connectivity index (χ0) is 34.3. The molecule has 4 aromatic rings. The Morgan fingerprint density at radius 3 is 2.40 bits per heavy atom. The minimum absolute atomic E-state index is 0.123. The highest BCUT2D eigenvalue weighted by molar-refractivity contribution is 6.07. The Labute approximate surface area is 281 Å². The lowest BCUT2D eigenvalue weighted by atomic mass is 9.92. The number of aromatic hydroxyl groups is 1. The fraction of sp³-hybridized carbons (Fsp3) is 0.268. The molecule has 1 aromatic heterocycles. The van der Waals surface area contributed by atoms with Crippen LogP contribution in [0.5, 0.6) is 5.75 Å². The third kappa shape index (κ3) is 9.37. The molecule has 0 spiro atoms. The van der Waals surface area contributed by atoms with Gasteiger partial charge in [-0.2, -0.15) is 4.99 Å². The fourth-order valence-electron chi connectivity index (χ4n) is 5.35. The van der Waals surface area contributed by atoms with Crippen LogP contribution in [0.15, 0.2) is 90.0 Å². The standard InChI is InChI=1S/C39H43N5O.C2H6/c1-8-15-35(28-17-13-12-14-18-28)42-27(7)29-19-21-31(34(24-29)38(40-10-3)41-11-4)33-25-30(45)20-22-32(33)39-43-36(16-9-2)37(44-39)23-26(5)6;1-2/h3,9,12-14,16-25,35,42,45H,7-8,11,15H2,1-2,4-6H3,(H,40,41)(H,43,44);1-2H3/b16-9-;/t35-;/m1./s1. The van der Waals surface area contributed by atoms with E-state index in [2.05, 4.69) is 84.3 Å². The maximum atomic E-state index is 10.7. The van der Waals surface area contributed by atoms with Gasteiger partial charge in [0.15, 0.2) is 0 Å². The summed E-state index contributed by atoms with van der Waals surface area (Å²) in [7, 11) is 0. The molecule has 0 radical (unpaired) electrons. The zero-order valence-electron chi connectivity index (χ0n) is 28.9. The van der Waals surface area contributed by atoms with E-state index in [0.717, 1.165) is 63.3 Å². The number of H-pyrrole nitrogens is 1. The van der Waals surface area contributed by atoms with Crippen LogP contribution in [0.3, 0.4) is 0 Å². The number of allylic oxidation sites excluding steroid dienone is 2. The van der Waals surface area contributed by atoms with Gasteiger partial charge in [0.1, 0.15) is 17.4 Å². The Kier molecular flexibility index (Phi) is 13.9. The van der Waals surface area contributed by atoms with Gasteiger partial charge in [-0.15, -0.1) is 0 Å². The highest BCUT2D eigenvalue weighted by atomic mass is 16.3. The Morgan fingerprint density at radius 2 is 1.77 bits per heavy atom. The summed E-state index contributed by atoms with van der Waals surface area (Å²) in [6.45, 7) is 19.3. The maximum Gasteiger partial charge on any atom is 0.144 e. The van der Waals surface area contributed by atoms with Crippen molar-refractivity contribution in [2.24, 2.45) is 4.99 Å². The molecule has 0 fully saturated rings. The van der Waals surface area contributed by atoms with Crippen LogP contribution in [-0.2, 0) is 0 Å². The van der Waals surface area contributed by atoms with Crippen LogP contribution >= 0.6 is 0 Å². The van der Waals surface area contributed by atoms with Crippen LogP contribution < -0.4 is 10.6 Å². The molecule has 6 nitrogen and oxygen atoms in total. The molecule has 244 valence electrons. The molecule has 1 heterocycles. The van der Waals surface area contributed by atoms with Gasteiger partial charge in [0, 0.05) is 29.4 Å². The first kappa shape index (κ1) is 36.2. The molecular formula is C41H49N5O. The van der Waals surface area contributed by atoms with Crippen molar-refractivity contribution in [2.75, 3.05) is 6.54 Å². The Hall–Kier alpha value is -5.28. The summed E-state index contributed by atoms with van der Waals surface area (Å²) in [5, 5.41) is 17.7. The van der Waals surface area contributed by atoms with E-state index < -0.39 is 0 Å². The number of aliphatic imine (C=N–C) groups is 1. The maximum absolute atomic E-state index is 10.7. The topological polar surface area (TPSA) is 85.3 Å². The van der Waals surface area contributed by atoms with Crippen LogP contribution in [0.2, 0.25) is 0 Å². The number of nitrogens with zero attached hydrogens (tertiary/aromatic N) is 2. The van der Waals surface area contributed by atoms with E-state index in [-0.39, 0.29) is 11.8 Å². The molecule has 47 heavy (non-hydrogen) atoms. The minimum Gasteiger partial charge on any atom is -0.508 e. The number of rotatable bonds is 12. The largest absolute Gasteiger partial charge is 0.508 e. The lowest BCUT2D eigenvalue weighted by Gasteiger charge is -2.23. The molecule has 0 aliphatic heterocycles. The highest BCUT2D eigenvalue weighted by Gasteiger charge is 2.20. The SMILES string of the molecule is C#CN=C(NCC)c1cc(C(=C)N[C@H](CCC)c2ccccc2)ccc1-c1cc(O)ccc1-c1nc(/C=C\C)c(C=C(C)C)[nH]1.CC. The van der Waals surface area contributed by atoms with Gasteiger partial charge in [-0.3, -0.25) is 0 Å². The van der Waals surface area contributed by atoms with Gasteiger partial charge in [-0.05, 0) is 92.8 Å². The van der Waals surface area contributed by atoms with Gasteiger partial charge >= 0.3 is 0 Å². The second kappa shape index (κ2) is 18.0. The van der Waals surface area contributed by atoms with E-state index in [0.29, 0.717) is 18.2 Å². The summed E-state index contributed by atoms with van der Waals surface area (Å²) in [4.78, 5) is 12.8. The number of aromatic nitrogens is 2. The van der Waals surface area contributed by atoms with Gasteiger partial charge in [-0.25, -0.2) is 4.98 Å². The number of aromatic amines is 1. The van der Waals surface area contributed by atoms with Gasteiger partial charge < -0.3 is 20.7 Å². The first-order chi connectivity index (χ1) is 22.8. The summed E-state index contributed by atoms with van der Waals surface area (Å²) >= 11 is 0. The molecule has 0 aliphatic rings. The zero-order valence-corrected chi connectivity index (χ0v) is 28.9. The average Bonchev–Trinajstić information content (AvgIpc) is 3.46. The Bertz CT molecular complexity index is 1770. The van der Waals surface area contributed by atoms with Crippen molar-refractivity contribution in [1.29, 1.82) is 0 Å². The molecule has 6 heteroatoms. The average molecular weight is 628 g/mol. The third-order valence-corrected chi connectivity index (χ3v) is 7.34. The molecule has 1 atom stereocenters. The quantitative estimate of drug-likeness (QED) is 0.0715. The molecule has 0 saturated carbocycles. The lowest BCUT2D eigenvalue weighted by Crippen LogP contribution is -2.25. The number of phenols is 1. The second-order valence-electron chi connectivity index (χ2n) is 11.1. The Morgan fingerprint density at radius 1 is 1.04 bits per heavy atom. The van der Waals surface area contributed by atoms with Crippen molar-refractivity contribution in [2.45, 2.75) is 67.3 Å². The number of imidazole rings is 1. The van der Waals surface area contributed by atoms with E-state index in [1.165, 1.54) is 5.56 Å². The van der Waals surface area contributed by atoms with Crippen LogP contribution in [-0.4, -0.2) is 27.5 Å². The van der Waals surface area contributed by atoms with Crippen molar-refractivity contribution in [1.82, 2.24) is 20.6 Å². The fourth-order valence-corrected chi connectivity index (χ4v) is 5.35. The smallest absolute Gasteiger partial charge is 0.144 e. The number of benzene rings is 3. The van der Waals surface area contributed by atoms with Gasteiger partial charge in [0.05, 0.1) is 17.4 Å². The normalized spacial score (nSPS) is 11.7. The number of terminal acetylenes is 1. The number of nitrogens with one attached hydrogen (secondary N) is 3. The molecule has 0 aliphatic carbocycles. The monoisotopic (exact) mass is 627 g/mol. The Balaban J connectivity index is 0.00000294. The molecule has 3 aromatic carbocycles. The van der Waals surface area contributed by atoms with E-state index in [1.807, 2.05) is 70.2 Å². The molecule has 0 saturated heterocycles. The highest BCUT2D eigenvalue weighted by Crippen LogP contribution is 2.37. The lowest BCUT2D eigenvalue weighted by molar-refractivity contribution is 0.475. The third-order valence-electron chi connectivity index (χ3n) is 7.34. The minimum atomic E-state index is 0.123. The van der Waals surface area contributed by atoms with Gasteiger partial charge in [0.2, 0.25) is 0 Å². The van der Waals surface area contributed by atoms with E-state index >= 15 is 0 Å².